The van der Waals surface area contributed by atoms with Crippen LogP contribution in [0.3, 0.4) is 0 Å². The lowest BCUT2D eigenvalue weighted by atomic mass is 10.1. The first-order valence-corrected chi connectivity index (χ1v) is 7.56. The Morgan fingerprint density at radius 3 is 2.78 bits per heavy atom. The van der Waals surface area contributed by atoms with Crippen LogP contribution in [0.15, 0.2) is 24.3 Å². The summed E-state index contributed by atoms with van der Waals surface area (Å²) in [4.78, 5) is 38.1. The van der Waals surface area contributed by atoms with Crippen LogP contribution in [0.25, 0.3) is 0 Å². The van der Waals surface area contributed by atoms with Gasteiger partial charge in [-0.3, -0.25) is 9.59 Å². The molecule has 2 aliphatic heterocycles. The maximum atomic E-state index is 13.5. The van der Waals surface area contributed by atoms with Crippen molar-refractivity contribution < 1.29 is 23.5 Å². The fraction of sp³-hybridized carbons (Fsp3) is 0.438. The highest BCUT2D eigenvalue weighted by Gasteiger charge is 2.41. The van der Waals surface area contributed by atoms with Gasteiger partial charge < -0.3 is 9.64 Å². The Hall–Kier alpha value is -2.44. The van der Waals surface area contributed by atoms with E-state index in [0.717, 1.165) is 4.90 Å². The molecule has 23 heavy (non-hydrogen) atoms. The molecule has 2 saturated heterocycles. The lowest BCUT2D eigenvalue weighted by molar-refractivity contribution is -0.131. The van der Waals surface area contributed by atoms with Gasteiger partial charge in [0.2, 0.25) is 5.91 Å². The molecule has 1 unspecified atom stereocenters. The summed E-state index contributed by atoms with van der Waals surface area (Å²) in [5.74, 6) is -0.776. The lowest BCUT2D eigenvalue weighted by Crippen LogP contribution is -2.42. The number of ether oxygens (including phenoxy) is 1. The Labute approximate surface area is 132 Å². The number of imide groups is 1. The summed E-state index contributed by atoms with van der Waals surface area (Å²) >= 11 is 0. The maximum absolute atomic E-state index is 13.5. The zero-order valence-corrected chi connectivity index (χ0v) is 12.5. The third-order valence-electron chi connectivity index (χ3n) is 4.23. The first-order valence-electron chi connectivity index (χ1n) is 7.56. The highest BCUT2D eigenvalue weighted by molar-refractivity contribution is 5.98. The number of benzene rings is 1. The predicted octanol–water partition coefficient (Wildman–Crippen LogP) is 1.34. The minimum atomic E-state index is -0.638. The summed E-state index contributed by atoms with van der Waals surface area (Å²) in [6, 6.07) is 6.05. The summed E-state index contributed by atoms with van der Waals surface area (Å²) in [7, 11) is 0. The van der Waals surface area contributed by atoms with Gasteiger partial charge >= 0.3 is 6.09 Å². The summed E-state index contributed by atoms with van der Waals surface area (Å²) < 4.78 is 18.2. The summed E-state index contributed by atoms with van der Waals surface area (Å²) in [5, 5.41) is 0. The second kappa shape index (κ2) is 6.36. The second-order valence-electron chi connectivity index (χ2n) is 5.69. The van der Waals surface area contributed by atoms with E-state index in [9.17, 15) is 18.8 Å². The van der Waals surface area contributed by atoms with Crippen molar-refractivity contribution in [2.75, 3.05) is 19.7 Å². The third-order valence-corrected chi connectivity index (χ3v) is 4.23. The topological polar surface area (TPSA) is 66.9 Å². The highest BCUT2D eigenvalue weighted by Crippen LogP contribution is 2.21. The number of halogens is 1. The Morgan fingerprint density at radius 2 is 2.09 bits per heavy atom. The average Bonchev–Trinajstić information content (AvgIpc) is 3.13. The second-order valence-corrected chi connectivity index (χ2v) is 5.69. The SMILES string of the molecule is O=C(CCc1ccccc1F)N1CCC(N2C(=O)COC2=O)C1. The van der Waals surface area contributed by atoms with Crippen LogP contribution in [0, 0.1) is 5.82 Å². The van der Waals surface area contributed by atoms with Crippen molar-refractivity contribution in [1.29, 1.82) is 0 Å². The minimum absolute atomic E-state index is 0.101. The van der Waals surface area contributed by atoms with Crippen LogP contribution < -0.4 is 0 Å². The standard InChI is InChI=1S/C16H17FN2O4/c17-13-4-2-1-3-11(13)5-6-14(20)18-8-7-12(9-18)19-15(21)10-23-16(19)22/h1-4,12H,5-10H2. The molecule has 1 aromatic carbocycles. The van der Waals surface area contributed by atoms with Crippen LogP contribution in [0.1, 0.15) is 18.4 Å². The Morgan fingerprint density at radius 1 is 1.30 bits per heavy atom. The quantitative estimate of drug-likeness (QED) is 0.839. The van der Waals surface area contributed by atoms with Crippen LogP contribution >= 0.6 is 0 Å². The first kappa shape index (κ1) is 15.5. The number of carbonyl (C=O) groups excluding carboxylic acids is 3. The molecular weight excluding hydrogens is 303 g/mol. The van der Waals surface area contributed by atoms with Gasteiger partial charge in [0.25, 0.3) is 5.91 Å². The number of nitrogens with zero attached hydrogens (tertiary/aromatic N) is 2. The van der Waals surface area contributed by atoms with E-state index in [2.05, 4.69) is 0 Å². The van der Waals surface area contributed by atoms with Gasteiger partial charge in [0.05, 0.1) is 6.04 Å². The molecule has 2 heterocycles. The molecule has 0 saturated carbocycles. The lowest BCUT2D eigenvalue weighted by Gasteiger charge is -2.20. The minimum Gasteiger partial charge on any atom is -0.439 e. The van der Waals surface area contributed by atoms with Crippen molar-refractivity contribution in [2.24, 2.45) is 0 Å². The van der Waals surface area contributed by atoms with Crippen LogP contribution in [-0.4, -0.2) is 53.4 Å². The highest BCUT2D eigenvalue weighted by atomic mass is 19.1. The molecule has 0 aliphatic carbocycles. The molecule has 2 fully saturated rings. The van der Waals surface area contributed by atoms with Crippen molar-refractivity contribution in [3.8, 4) is 0 Å². The normalized spacial score (nSPS) is 21.0. The van der Waals surface area contributed by atoms with Crippen molar-refractivity contribution >= 4 is 17.9 Å². The van der Waals surface area contributed by atoms with E-state index < -0.39 is 6.09 Å². The Bertz CT molecular complexity index is 633. The smallest absolute Gasteiger partial charge is 0.417 e. The molecule has 7 heteroatoms. The Balaban J connectivity index is 1.54. The number of likely N-dealkylation sites (tertiary alicyclic amines) is 1. The fourth-order valence-electron chi connectivity index (χ4n) is 3.00. The molecule has 3 rings (SSSR count). The Kier molecular flexibility index (Phi) is 4.27. The molecule has 3 amide bonds. The van der Waals surface area contributed by atoms with Gasteiger partial charge in [0.15, 0.2) is 6.61 Å². The molecular formula is C16H17FN2O4. The predicted molar refractivity (Wildman–Crippen MR) is 77.9 cm³/mol. The van der Waals surface area contributed by atoms with Crippen molar-refractivity contribution in [1.82, 2.24) is 9.80 Å². The van der Waals surface area contributed by atoms with E-state index in [-0.39, 0.29) is 36.7 Å². The van der Waals surface area contributed by atoms with Crippen molar-refractivity contribution in [3.63, 3.8) is 0 Å². The molecule has 0 N–H and O–H groups in total. The van der Waals surface area contributed by atoms with Crippen LogP contribution in [-0.2, 0) is 20.7 Å². The number of rotatable bonds is 4. The van der Waals surface area contributed by atoms with Gasteiger partial charge in [-0.05, 0) is 24.5 Å². The zero-order chi connectivity index (χ0) is 16.4. The number of cyclic esters (lactones) is 1. The molecule has 0 bridgehead atoms. The first-order chi connectivity index (χ1) is 11.1. The van der Waals surface area contributed by atoms with Gasteiger partial charge in [-0.15, -0.1) is 0 Å². The van der Waals surface area contributed by atoms with Crippen LogP contribution in [0.4, 0.5) is 9.18 Å². The molecule has 1 atom stereocenters. The van der Waals surface area contributed by atoms with Gasteiger partial charge in [-0.25, -0.2) is 14.1 Å². The van der Waals surface area contributed by atoms with Gasteiger partial charge in [-0.2, -0.15) is 0 Å². The van der Waals surface area contributed by atoms with Crippen molar-refractivity contribution in [2.45, 2.75) is 25.3 Å². The van der Waals surface area contributed by atoms with E-state index in [1.54, 1.807) is 23.1 Å². The monoisotopic (exact) mass is 320 g/mol. The molecule has 2 aliphatic rings. The molecule has 0 spiro atoms. The molecule has 0 aromatic heterocycles. The van der Waals surface area contributed by atoms with Crippen LogP contribution in [0.2, 0.25) is 0 Å². The average molecular weight is 320 g/mol. The number of hydrogen-bond donors (Lipinski definition) is 0. The number of hydrogen-bond acceptors (Lipinski definition) is 4. The third kappa shape index (κ3) is 3.18. The van der Waals surface area contributed by atoms with Gasteiger partial charge in [-0.1, -0.05) is 18.2 Å². The summed E-state index contributed by atoms with van der Waals surface area (Å²) in [6.45, 7) is 0.575. The largest absolute Gasteiger partial charge is 0.439 e. The molecule has 0 radical (unpaired) electrons. The molecule has 1 aromatic rings. The van der Waals surface area contributed by atoms with E-state index in [0.29, 0.717) is 31.5 Å². The zero-order valence-electron chi connectivity index (χ0n) is 12.5. The van der Waals surface area contributed by atoms with E-state index in [4.69, 9.17) is 4.74 Å². The molecule has 122 valence electrons. The number of aryl methyl sites for hydroxylation is 1. The van der Waals surface area contributed by atoms with E-state index in [1.165, 1.54) is 6.07 Å². The van der Waals surface area contributed by atoms with Gasteiger partial charge in [0.1, 0.15) is 5.82 Å². The van der Waals surface area contributed by atoms with Crippen LogP contribution in [0.5, 0.6) is 0 Å². The van der Waals surface area contributed by atoms with E-state index in [1.807, 2.05) is 0 Å². The fourth-order valence-corrected chi connectivity index (χ4v) is 3.00. The van der Waals surface area contributed by atoms with E-state index >= 15 is 0 Å². The number of amides is 3. The maximum Gasteiger partial charge on any atom is 0.417 e. The summed E-state index contributed by atoms with van der Waals surface area (Å²) in [5.41, 5.74) is 0.509. The summed E-state index contributed by atoms with van der Waals surface area (Å²) in [6.07, 6.45) is 0.441. The number of carbonyl (C=O) groups is 3. The van der Waals surface area contributed by atoms with Gasteiger partial charge in [0, 0.05) is 19.5 Å². The molecule has 6 nitrogen and oxygen atoms in total. The van der Waals surface area contributed by atoms with Crippen molar-refractivity contribution in [3.05, 3.63) is 35.6 Å².